The van der Waals surface area contributed by atoms with Gasteiger partial charge in [0.25, 0.3) is 0 Å². The second-order valence-corrected chi connectivity index (χ2v) is 8.71. The number of hydrogen-bond acceptors (Lipinski definition) is 6. The lowest BCUT2D eigenvalue weighted by atomic mass is 10.2. The molecular formula is C23H26N4O3S. The maximum Gasteiger partial charge on any atom is 0.335 e. The number of thiophene rings is 1. The molecule has 31 heavy (non-hydrogen) atoms. The molecule has 1 aromatic heterocycles. The lowest BCUT2D eigenvalue weighted by Gasteiger charge is -2.35. The van der Waals surface area contributed by atoms with Gasteiger partial charge in [0, 0.05) is 50.6 Å². The van der Waals surface area contributed by atoms with Crippen molar-refractivity contribution in [2.24, 2.45) is 0 Å². The Balaban J connectivity index is 1.24. The van der Waals surface area contributed by atoms with Gasteiger partial charge >= 0.3 is 17.8 Å². The Kier molecular flexibility index (Phi) is 6.91. The Morgan fingerprint density at radius 2 is 1.55 bits per heavy atom. The molecule has 0 atom stereocenters. The zero-order valence-corrected chi connectivity index (χ0v) is 18.2. The number of urea groups is 1. The predicted molar refractivity (Wildman–Crippen MR) is 120 cm³/mol. The summed E-state index contributed by atoms with van der Waals surface area (Å²) in [7, 11) is 0. The molecule has 0 aliphatic carbocycles. The van der Waals surface area contributed by atoms with Gasteiger partial charge in [0.05, 0.1) is 6.67 Å². The molecule has 7 nitrogen and oxygen atoms in total. The zero-order valence-electron chi connectivity index (χ0n) is 17.4. The maximum atomic E-state index is 12.7. The van der Waals surface area contributed by atoms with Crippen molar-refractivity contribution in [3.63, 3.8) is 0 Å². The van der Waals surface area contributed by atoms with Gasteiger partial charge in [-0.25, -0.2) is 9.69 Å². The Morgan fingerprint density at radius 3 is 2.26 bits per heavy atom. The van der Waals surface area contributed by atoms with Gasteiger partial charge in [-0.1, -0.05) is 48.6 Å². The van der Waals surface area contributed by atoms with Crippen LogP contribution < -0.4 is 0 Å². The third-order valence-electron chi connectivity index (χ3n) is 5.58. The normalized spacial score (nSPS) is 18.6. The number of carbonyl (C=O) groups is 3. The van der Waals surface area contributed by atoms with Crippen LogP contribution in [0, 0.1) is 0 Å². The second-order valence-electron chi connectivity index (χ2n) is 7.68. The summed E-state index contributed by atoms with van der Waals surface area (Å²) in [6.45, 7) is 4.48. The summed E-state index contributed by atoms with van der Waals surface area (Å²) in [6, 6.07) is 13.6. The first-order chi connectivity index (χ1) is 15.1. The van der Waals surface area contributed by atoms with Gasteiger partial charge in [-0.2, -0.15) is 0 Å². The van der Waals surface area contributed by atoms with Gasteiger partial charge in [-0.15, -0.1) is 11.3 Å². The SMILES string of the molecule is O=C1C(=O)N(CN2CCN(CC=Cc3ccccc3)CC2)C(=O)N1CCc1cccs1. The lowest BCUT2D eigenvalue weighted by molar-refractivity contribution is -0.144. The highest BCUT2D eigenvalue weighted by Crippen LogP contribution is 2.16. The summed E-state index contributed by atoms with van der Waals surface area (Å²) in [6.07, 6.45) is 4.85. The predicted octanol–water partition coefficient (Wildman–Crippen LogP) is 2.37. The first-order valence-corrected chi connectivity index (χ1v) is 11.4. The first-order valence-electron chi connectivity index (χ1n) is 10.5. The molecule has 4 rings (SSSR count). The smallest absolute Gasteiger partial charge is 0.297 e. The van der Waals surface area contributed by atoms with E-state index in [-0.39, 0.29) is 13.2 Å². The number of carbonyl (C=O) groups excluding carboxylic acids is 3. The molecule has 2 saturated heterocycles. The number of rotatable bonds is 8. The van der Waals surface area contributed by atoms with E-state index in [2.05, 4.69) is 34.1 Å². The van der Waals surface area contributed by atoms with Crippen LogP contribution in [-0.2, 0) is 16.0 Å². The van der Waals surface area contributed by atoms with Crippen LogP contribution in [0.3, 0.4) is 0 Å². The molecule has 0 bridgehead atoms. The average molecular weight is 439 g/mol. The topological polar surface area (TPSA) is 64.2 Å². The van der Waals surface area contributed by atoms with Gasteiger partial charge in [0.15, 0.2) is 0 Å². The van der Waals surface area contributed by atoms with Crippen LogP contribution in [0.2, 0.25) is 0 Å². The van der Waals surface area contributed by atoms with Crippen molar-refractivity contribution < 1.29 is 14.4 Å². The third-order valence-corrected chi connectivity index (χ3v) is 6.51. The van der Waals surface area contributed by atoms with Crippen LogP contribution in [0.15, 0.2) is 53.9 Å². The van der Waals surface area contributed by atoms with Crippen LogP contribution in [0.25, 0.3) is 6.08 Å². The molecule has 0 spiro atoms. The van der Waals surface area contributed by atoms with Crippen LogP contribution in [0.1, 0.15) is 10.4 Å². The summed E-state index contributed by atoms with van der Waals surface area (Å²) >= 11 is 1.58. The van der Waals surface area contributed by atoms with E-state index < -0.39 is 17.8 Å². The number of piperazine rings is 1. The van der Waals surface area contributed by atoms with E-state index in [0.29, 0.717) is 6.42 Å². The number of imide groups is 2. The monoisotopic (exact) mass is 438 g/mol. The van der Waals surface area contributed by atoms with Gasteiger partial charge in [-0.3, -0.25) is 24.3 Å². The van der Waals surface area contributed by atoms with E-state index in [0.717, 1.165) is 47.4 Å². The molecule has 4 amide bonds. The molecule has 1 aromatic carbocycles. The highest BCUT2D eigenvalue weighted by Gasteiger charge is 2.44. The minimum absolute atomic E-state index is 0.173. The molecular weight excluding hydrogens is 412 g/mol. The van der Waals surface area contributed by atoms with Gasteiger partial charge < -0.3 is 0 Å². The quantitative estimate of drug-likeness (QED) is 0.468. The van der Waals surface area contributed by atoms with Gasteiger partial charge in [0.2, 0.25) is 0 Å². The van der Waals surface area contributed by atoms with Crippen molar-refractivity contribution in [2.75, 3.05) is 45.9 Å². The van der Waals surface area contributed by atoms with Gasteiger partial charge in [-0.05, 0) is 17.0 Å². The number of amides is 4. The van der Waals surface area contributed by atoms with Crippen molar-refractivity contribution in [2.45, 2.75) is 6.42 Å². The minimum atomic E-state index is -0.718. The van der Waals surface area contributed by atoms with Crippen molar-refractivity contribution in [3.05, 3.63) is 64.4 Å². The van der Waals surface area contributed by atoms with Crippen LogP contribution in [0.5, 0.6) is 0 Å². The van der Waals surface area contributed by atoms with E-state index in [1.807, 2.05) is 35.7 Å². The molecule has 0 saturated carbocycles. The van der Waals surface area contributed by atoms with Crippen LogP contribution in [-0.4, -0.2) is 83.4 Å². The molecule has 2 aliphatic rings. The van der Waals surface area contributed by atoms with Crippen molar-refractivity contribution in [3.8, 4) is 0 Å². The molecule has 3 heterocycles. The lowest BCUT2D eigenvalue weighted by Crippen LogP contribution is -2.51. The molecule has 0 unspecified atom stereocenters. The highest BCUT2D eigenvalue weighted by atomic mass is 32.1. The molecule has 0 N–H and O–H groups in total. The standard InChI is InChI=1S/C23H26N4O3S/c28-21-22(29)27(23(30)26(21)12-10-20-9-5-17-31-20)18-25-15-13-24(14-16-25)11-4-8-19-6-2-1-3-7-19/h1-9,17H,10-16,18H2. The Bertz CT molecular complexity index is 937. The summed E-state index contributed by atoms with van der Waals surface area (Å²) < 4.78 is 0. The molecule has 162 valence electrons. The summed E-state index contributed by atoms with van der Waals surface area (Å²) in [5.41, 5.74) is 1.18. The van der Waals surface area contributed by atoms with Crippen molar-refractivity contribution >= 4 is 35.3 Å². The molecule has 2 fully saturated rings. The van der Waals surface area contributed by atoms with E-state index in [1.54, 1.807) is 11.3 Å². The van der Waals surface area contributed by atoms with Crippen molar-refractivity contribution in [1.82, 2.24) is 19.6 Å². The van der Waals surface area contributed by atoms with Gasteiger partial charge in [0.1, 0.15) is 0 Å². The van der Waals surface area contributed by atoms with Crippen molar-refractivity contribution in [1.29, 1.82) is 0 Å². The van der Waals surface area contributed by atoms with E-state index in [4.69, 9.17) is 0 Å². The molecule has 8 heteroatoms. The molecule has 0 radical (unpaired) electrons. The largest absolute Gasteiger partial charge is 0.335 e. The fourth-order valence-corrected chi connectivity index (χ4v) is 4.46. The first kappa shape index (κ1) is 21.4. The third kappa shape index (κ3) is 5.28. The van der Waals surface area contributed by atoms with E-state index in [9.17, 15) is 14.4 Å². The fourth-order valence-electron chi connectivity index (χ4n) is 3.76. The Hall–Kier alpha value is -2.81. The summed E-state index contributed by atoms with van der Waals surface area (Å²) in [4.78, 5) is 45.0. The minimum Gasteiger partial charge on any atom is -0.297 e. The van der Waals surface area contributed by atoms with E-state index in [1.165, 1.54) is 5.56 Å². The number of hydrogen-bond donors (Lipinski definition) is 0. The van der Waals surface area contributed by atoms with E-state index >= 15 is 0 Å². The molecule has 2 aromatic rings. The average Bonchev–Trinajstić information content (AvgIpc) is 3.38. The highest BCUT2D eigenvalue weighted by molar-refractivity contribution is 7.09. The van der Waals surface area contributed by atoms with Crippen LogP contribution >= 0.6 is 11.3 Å². The maximum absolute atomic E-state index is 12.7. The Morgan fingerprint density at radius 1 is 0.839 bits per heavy atom. The summed E-state index contributed by atoms with van der Waals surface area (Å²) in [5.74, 6) is -1.43. The fraction of sp³-hybridized carbons (Fsp3) is 0.348. The summed E-state index contributed by atoms with van der Waals surface area (Å²) in [5, 5.41) is 1.96. The zero-order chi connectivity index (χ0) is 21.6. The second kappa shape index (κ2) is 10.00. The number of nitrogens with zero attached hydrogens (tertiary/aromatic N) is 4. The number of benzene rings is 1. The molecule has 2 aliphatic heterocycles. The Labute approximate surface area is 186 Å². The van der Waals surface area contributed by atoms with Crippen LogP contribution in [0.4, 0.5) is 4.79 Å².